The molecule has 0 atom stereocenters. The van der Waals surface area contributed by atoms with Gasteiger partial charge in [-0.3, -0.25) is 14.4 Å². The number of hydrogen-bond donors (Lipinski definition) is 1. The first-order chi connectivity index (χ1) is 13.5. The third-order valence-electron chi connectivity index (χ3n) is 4.60. The fourth-order valence-corrected chi connectivity index (χ4v) is 3.86. The summed E-state index contributed by atoms with van der Waals surface area (Å²) in [4.78, 5) is 38.7. The van der Waals surface area contributed by atoms with Crippen molar-refractivity contribution >= 4 is 34.9 Å². The van der Waals surface area contributed by atoms with E-state index >= 15 is 0 Å². The van der Waals surface area contributed by atoms with Crippen molar-refractivity contribution in [3.05, 3.63) is 94.5 Å². The Morgan fingerprint density at radius 3 is 2.11 bits per heavy atom. The minimum atomic E-state index is -0.199. The second-order valence-electron chi connectivity index (χ2n) is 6.61. The Morgan fingerprint density at radius 1 is 0.821 bits per heavy atom. The van der Waals surface area contributed by atoms with Crippen LogP contribution in [0.25, 0.3) is 0 Å². The number of aryl methyl sites for hydroxylation is 1. The molecule has 0 aliphatic heterocycles. The van der Waals surface area contributed by atoms with E-state index in [-0.39, 0.29) is 23.2 Å². The van der Waals surface area contributed by atoms with Crippen molar-refractivity contribution in [1.82, 2.24) is 0 Å². The van der Waals surface area contributed by atoms with Crippen LogP contribution in [0.1, 0.15) is 37.4 Å². The quantitative estimate of drug-likeness (QED) is 0.524. The molecule has 0 saturated heterocycles. The average molecular weight is 387 g/mol. The normalized spacial score (nSPS) is 12.3. The lowest BCUT2D eigenvalue weighted by Gasteiger charge is -2.18. The van der Waals surface area contributed by atoms with Crippen LogP contribution in [-0.4, -0.2) is 23.2 Å². The Kier molecular flexibility index (Phi) is 4.84. The molecule has 1 aliphatic rings. The van der Waals surface area contributed by atoms with Crippen LogP contribution in [0.15, 0.2) is 71.6 Å². The molecular formula is C23H17NO3S. The smallest absolute Gasteiger partial charge is 0.234 e. The average Bonchev–Trinajstić information content (AvgIpc) is 2.71. The van der Waals surface area contributed by atoms with Crippen LogP contribution in [0.5, 0.6) is 0 Å². The highest BCUT2D eigenvalue weighted by molar-refractivity contribution is 8.00. The van der Waals surface area contributed by atoms with Crippen LogP contribution >= 0.6 is 11.8 Å². The first-order valence-electron chi connectivity index (χ1n) is 8.85. The SMILES string of the molecule is Cc1ccc(SCC(=O)Nc2ccc3c(c2)C(=O)c2ccccc2C3=O)cc1. The maximum Gasteiger partial charge on any atom is 0.234 e. The molecule has 138 valence electrons. The molecule has 3 aromatic rings. The molecule has 0 radical (unpaired) electrons. The van der Waals surface area contributed by atoms with Gasteiger partial charge in [0.1, 0.15) is 0 Å². The van der Waals surface area contributed by atoms with Crippen molar-refractivity contribution in [3.63, 3.8) is 0 Å². The highest BCUT2D eigenvalue weighted by Gasteiger charge is 2.29. The van der Waals surface area contributed by atoms with Gasteiger partial charge in [-0.1, -0.05) is 42.0 Å². The second-order valence-corrected chi connectivity index (χ2v) is 7.66. The van der Waals surface area contributed by atoms with Gasteiger partial charge in [-0.05, 0) is 37.3 Å². The number of fused-ring (bicyclic) bond motifs is 2. The summed E-state index contributed by atoms with van der Waals surface area (Å²) < 4.78 is 0. The summed E-state index contributed by atoms with van der Waals surface area (Å²) >= 11 is 1.44. The van der Waals surface area contributed by atoms with Gasteiger partial charge in [0.25, 0.3) is 0 Å². The maximum absolute atomic E-state index is 12.8. The molecule has 5 heteroatoms. The fraction of sp³-hybridized carbons (Fsp3) is 0.0870. The molecule has 3 aromatic carbocycles. The van der Waals surface area contributed by atoms with E-state index < -0.39 is 0 Å². The van der Waals surface area contributed by atoms with E-state index in [2.05, 4.69) is 5.32 Å². The number of rotatable bonds is 4. The fourth-order valence-electron chi connectivity index (χ4n) is 3.16. The molecule has 0 fully saturated rings. The molecule has 0 unspecified atom stereocenters. The van der Waals surface area contributed by atoms with Crippen molar-refractivity contribution in [2.24, 2.45) is 0 Å². The molecular weight excluding hydrogens is 370 g/mol. The molecule has 1 amide bonds. The highest BCUT2D eigenvalue weighted by Crippen LogP contribution is 2.29. The van der Waals surface area contributed by atoms with Crippen molar-refractivity contribution < 1.29 is 14.4 Å². The lowest BCUT2D eigenvalue weighted by atomic mass is 9.84. The molecule has 0 aromatic heterocycles. The van der Waals surface area contributed by atoms with Crippen molar-refractivity contribution in [3.8, 4) is 0 Å². The first-order valence-corrected chi connectivity index (χ1v) is 9.83. The number of benzene rings is 3. The Bertz CT molecular complexity index is 1100. The van der Waals surface area contributed by atoms with Gasteiger partial charge < -0.3 is 5.32 Å². The summed E-state index contributed by atoms with van der Waals surface area (Å²) in [5.41, 5.74) is 3.20. The highest BCUT2D eigenvalue weighted by atomic mass is 32.2. The summed E-state index contributed by atoms with van der Waals surface area (Å²) in [6, 6.07) is 19.6. The van der Waals surface area contributed by atoms with Crippen LogP contribution in [0.4, 0.5) is 5.69 Å². The van der Waals surface area contributed by atoms with Gasteiger partial charge >= 0.3 is 0 Å². The third-order valence-corrected chi connectivity index (χ3v) is 5.61. The van der Waals surface area contributed by atoms with Gasteiger partial charge in [-0.25, -0.2) is 0 Å². The van der Waals surface area contributed by atoms with Gasteiger partial charge in [-0.2, -0.15) is 0 Å². The number of carbonyl (C=O) groups excluding carboxylic acids is 3. The van der Waals surface area contributed by atoms with Crippen molar-refractivity contribution in [2.75, 3.05) is 11.1 Å². The van der Waals surface area contributed by atoms with Crippen LogP contribution < -0.4 is 5.32 Å². The number of hydrogen-bond acceptors (Lipinski definition) is 4. The Morgan fingerprint density at radius 2 is 1.43 bits per heavy atom. The number of amides is 1. The van der Waals surface area contributed by atoms with Gasteiger partial charge in [0.2, 0.25) is 5.91 Å². The van der Waals surface area contributed by atoms with E-state index in [4.69, 9.17) is 0 Å². The lowest BCUT2D eigenvalue weighted by molar-refractivity contribution is -0.113. The standard InChI is InChI=1S/C23H17NO3S/c1-14-6-9-16(10-7-14)28-13-21(25)24-15-8-11-19-20(12-15)23(27)18-5-3-2-4-17(18)22(19)26/h2-12H,13H2,1H3,(H,24,25). The maximum atomic E-state index is 12.8. The second kappa shape index (κ2) is 7.44. The predicted molar refractivity (Wildman–Crippen MR) is 110 cm³/mol. The summed E-state index contributed by atoms with van der Waals surface area (Å²) in [6.45, 7) is 2.02. The van der Waals surface area contributed by atoms with Gasteiger partial charge in [0.15, 0.2) is 11.6 Å². The summed E-state index contributed by atoms with van der Waals surface area (Å²) in [7, 11) is 0. The monoisotopic (exact) mass is 387 g/mol. The topological polar surface area (TPSA) is 63.2 Å². The molecule has 0 heterocycles. The van der Waals surface area contributed by atoms with Crippen molar-refractivity contribution in [1.29, 1.82) is 0 Å². The Labute approximate surface area is 167 Å². The Hall–Kier alpha value is -3.18. The molecule has 0 bridgehead atoms. The summed E-state index contributed by atoms with van der Waals surface area (Å²) in [5, 5.41) is 2.81. The number of anilines is 1. The summed E-state index contributed by atoms with van der Waals surface area (Å²) in [5.74, 6) is -0.274. The van der Waals surface area contributed by atoms with E-state index in [1.54, 1.807) is 42.5 Å². The third kappa shape index (κ3) is 3.49. The molecule has 1 N–H and O–H groups in total. The van der Waals surface area contributed by atoms with E-state index in [1.807, 2.05) is 31.2 Å². The zero-order valence-electron chi connectivity index (χ0n) is 15.2. The van der Waals surface area contributed by atoms with Gasteiger partial charge in [0.05, 0.1) is 5.75 Å². The van der Waals surface area contributed by atoms with Crippen LogP contribution in [0, 0.1) is 6.92 Å². The molecule has 4 rings (SSSR count). The Balaban J connectivity index is 1.50. The number of nitrogens with one attached hydrogen (secondary N) is 1. The lowest BCUT2D eigenvalue weighted by Crippen LogP contribution is -2.21. The summed E-state index contributed by atoms with van der Waals surface area (Å²) in [6.07, 6.45) is 0. The van der Waals surface area contributed by atoms with E-state index in [9.17, 15) is 14.4 Å². The van der Waals surface area contributed by atoms with E-state index in [0.717, 1.165) is 4.90 Å². The molecule has 1 aliphatic carbocycles. The molecule has 28 heavy (non-hydrogen) atoms. The molecule has 0 saturated carbocycles. The van der Waals surface area contributed by atoms with Crippen LogP contribution in [-0.2, 0) is 4.79 Å². The zero-order chi connectivity index (χ0) is 19.7. The number of ketones is 2. The van der Waals surface area contributed by atoms with E-state index in [1.165, 1.54) is 17.3 Å². The first kappa shape index (κ1) is 18.2. The van der Waals surface area contributed by atoms with Crippen LogP contribution in [0.3, 0.4) is 0 Å². The van der Waals surface area contributed by atoms with Crippen molar-refractivity contribution in [2.45, 2.75) is 11.8 Å². The largest absolute Gasteiger partial charge is 0.325 e. The predicted octanol–water partition coefficient (Wildman–Crippen LogP) is 4.50. The number of carbonyl (C=O) groups is 3. The molecule has 0 spiro atoms. The van der Waals surface area contributed by atoms with Gasteiger partial charge in [-0.15, -0.1) is 11.8 Å². The van der Waals surface area contributed by atoms with Crippen LogP contribution in [0.2, 0.25) is 0 Å². The zero-order valence-corrected chi connectivity index (χ0v) is 16.0. The minimum Gasteiger partial charge on any atom is -0.325 e. The minimum absolute atomic E-state index is 0.166. The molecule has 4 nitrogen and oxygen atoms in total. The van der Waals surface area contributed by atoms with Gasteiger partial charge in [0, 0.05) is 32.8 Å². The number of thioether (sulfide) groups is 1. The van der Waals surface area contributed by atoms with E-state index in [0.29, 0.717) is 27.9 Å².